The fourth-order valence-corrected chi connectivity index (χ4v) is 2.24. The first-order valence-corrected chi connectivity index (χ1v) is 8.75. The van der Waals surface area contributed by atoms with Gasteiger partial charge in [0.1, 0.15) is 11.4 Å². The van der Waals surface area contributed by atoms with Crippen LogP contribution in [0.5, 0.6) is 5.75 Å². The van der Waals surface area contributed by atoms with Gasteiger partial charge in [-0.05, 0) is 42.3 Å². The van der Waals surface area contributed by atoms with Gasteiger partial charge in [-0.25, -0.2) is 0 Å². The molecule has 0 aliphatic carbocycles. The largest absolute Gasteiger partial charge is 0.497 e. The van der Waals surface area contributed by atoms with Gasteiger partial charge >= 0.3 is 0 Å². The van der Waals surface area contributed by atoms with Gasteiger partial charge < -0.3 is 15.4 Å². The summed E-state index contributed by atoms with van der Waals surface area (Å²) in [6.07, 6.45) is 1.65. The highest BCUT2D eigenvalue weighted by atomic mass is 16.5. The van der Waals surface area contributed by atoms with Gasteiger partial charge in [0, 0.05) is 11.1 Å². The minimum atomic E-state index is -0.623. The van der Waals surface area contributed by atoms with E-state index in [0.29, 0.717) is 5.69 Å². The number of anilines is 1. The lowest BCUT2D eigenvalue weighted by atomic mass is 9.95. The molecule has 5 nitrogen and oxygen atoms in total. The Labute approximate surface area is 160 Å². The molecule has 0 spiro atoms. The first kappa shape index (κ1) is 20.2. The van der Waals surface area contributed by atoms with Crippen LogP contribution in [0.4, 0.5) is 5.69 Å². The summed E-state index contributed by atoms with van der Waals surface area (Å²) in [5, 5.41) is 5.62. The third kappa shape index (κ3) is 5.71. The first-order valence-electron chi connectivity index (χ1n) is 8.75. The number of nitrogens with one attached hydrogen (secondary N) is 2. The molecule has 0 fully saturated rings. The summed E-state index contributed by atoms with van der Waals surface area (Å²) < 4.78 is 5.15. The van der Waals surface area contributed by atoms with Gasteiger partial charge in [0.25, 0.3) is 5.91 Å². The van der Waals surface area contributed by atoms with Crippen molar-refractivity contribution >= 4 is 23.6 Å². The van der Waals surface area contributed by atoms with Crippen molar-refractivity contribution in [1.29, 1.82) is 0 Å². The Morgan fingerprint density at radius 1 is 1.00 bits per heavy atom. The van der Waals surface area contributed by atoms with E-state index in [-0.39, 0.29) is 17.5 Å². The van der Waals surface area contributed by atoms with E-state index in [4.69, 9.17) is 4.74 Å². The Kier molecular flexibility index (Phi) is 6.40. The molecule has 2 N–H and O–H groups in total. The highest BCUT2D eigenvalue weighted by Crippen LogP contribution is 2.18. The lowest BCUT2D eigenvalue weighted by Gasteiger charge is -2.19. The zero-order chi connectivity index (χ0) is 20.0. The average molecular weight is 366 g/mol. The molecular formula is C22H26N2O3. The number of carbonyl (C=O) groups is 2. The van der Waals surface area contributed by atoms with Crippen molar-refractivity contribution in [1.82, 2.24) is 5.32 Å². The number of rotatable bonds is 5. The Bertz CT molecular complexity index is 847. The van der Waals surface area contributed by atoms with Crippen molar-refractivity contribution in [3.05, 3.63) is 65.4 Å². The third-order valence-corrected chi connectivity index (χ3v) is 3.99. The maximum absolute atomic E-state index is 12.8. The number of hydrogen-bond donors (Lipinski definition) is 2. The van der Waals surface area contributed by atoms with E-state index in [0.717, 1.165) is 16.9 Å². The molecule has 27 heavy (non-hydrogen) atoms. The normalized spacial score (nSPS) is 11.7. The molecule has 0 unspecified atom stereocenters. The van der Waals surface area contributed by atoms with E-state index >= 15 is 0 Å². The highest BCUT2D eigenvalue weighted by molar-refractivity contribution is 6.09. The van der Waals surface area contributed by atoms with Crippen molar-refractivity contribution in [2.45, 2.75) is 27.7 Å². The monoisotopic (exact) mass is 366 g/mol. The van der Waals surface area contributed by atoms with Crippen LogP contribution in [0.3, 0.4) is 0 Å². The van der Waals surface area contributed by atoms with E-state index in [2.05, 4.69) is 10.6 Å². The van der Waals surface area contributed by atoms with Crippen LogP contribution < -0.4 is 15.4 Å². The molecule has 0 aliphatic heterocycles. The van der Waals surface area contributed by atoms with E-state index in [1.807, 2.05) is 43.3 Å². The molecule has 2 amide bonds. The molecule has 2 aromatic rings. The lowest BCUT2D eigenvalue weighted by Crippen LogP contribution is -2.38. The fourth-order valence-electron chi connectivity index (χ4n) is 2.24. The maximum atomic E-state index is 12.8. The Morgan fingerprint density at radius 2 is 1.63 bits per heavy atom. The van der Waals surface area contributed by atoms with Crippen molar-refractivity contribution in [3.8, 4) is 5.75 Å². The predicted molar refractivity (Wildman–Crippen MR) is 108 cm³/mol. The zero-order valence-corrected chi connectivity index (χ0v) is 16.4. The van der Waals surface area contributed by atoms with Crippen LogP contribution in [0.1, 0.15) is 31.9 Å². The molecule has 0 heterocycles. The van der Waals surface area contributed by atoms with Crippen LogP contribution in [-0.2, 0) is 9.59 Å². The minimum absolute atomic E-state index is 0.184. The van der Waals surface area contributed by atoms with Gasteiger partial charge in [-0.1, -0.05) is 51.1 Å². The number of carbonyl (C=O) groups excluding carboxylic acids is 2. The quantitative estimate of drug-likeness (QED) is 0.781. The van der Waals surface area contributed by atoms with Gasteiger partial charge in [-0.3, -0.25) is 9.59 Å². The molecule has 5 heteroatoms. The van der Waals surface area contributed by atoms with E-state index in [1.54, 1.807) is 46.1 Å². The molecule has 0 atom stereocenters. The Balaban J connectivity index is 2.33. The molecule has 142 valence electrons. The standard InChI is InChI=1S/C22H26N2O3/c1-15-8-6-7-9-18(15)23-20(25)19(24-21(26)22(2,3)4)14-16-10-12-17(27-5)13-11-16/h6-14H,1-5H3,(H,23,25)(H,24,26)/b19-14+. The predicted octanol–water partition coefficient (Wildman–Crippen LogP) is 4.15. The summed E-state index contributed by atoms with van der Waals surface area (Å²) in [6.45, 7) is 7.31. The number of benzene rings is 2. The van der Waals surface area contributed by atoms with Gasteiger partial charge in [-0.2, -0.15) is 0 Å². The molecule has 2 rings (SSSR count). The number of methoxy groups -OCH3 is 1. The van der Waals surface area contributed by atoms with Gasteiger partial charge in [0.15, 0.2) is 0 Å². The first-order chi connectivity index (χ1) is 12.7. The smallest absolute Gasteiger partial charge is 0.272 e. The number of hydrogen-bond acceptors (Lipinski definition) is 3. The van der Waals surface area contributed by atoms with Crippen LogP contribution in [0.15, 0.2) is 54.2 Å². The summed E-state index contributed by atoms with van der Waals surface area (Å²) in [5.41, 5.74) is 1.98. The second-order valence-electron chi connectivity index (χ2n) is 7.30. The molecule has 0 saturated heterocycles. The summed E-state index contributed by atoms with van der Waals surface area (Å²) in [5.74, 6) is 0.108. The van der Waals surface area contributed by atoms with Crippen LogP contribution in [0.2, 0.25) is 0 Å². The number of amides is 2. The summed E-state index contributed by atoms with van der Waals surface area (Å²) in [4.78, 5) is 25.3. The number of para-hydroxylation sites is 1. The van der Waals surface area contributed by atoms with E-state index in [9.17, 15) is 9.59 Å². The molecule has 0 aromatic heterocycles. The second kappa shape index (κ2) is 8.54. The molecule has 0 saturated carbocycles. The van der Waals surface area contributed by atoms with Crippen molar-refractivity contribution in [2.24, 2.45) is 5.41 Å². The van der Waals surface area contributed by atoms with Crippen molar-refractivity contribution in [2.75, 3.05) is 12.4 Å². The summed E-state index contributed by atoms with van der Waals surface area (Å²) in [7, 11) is 1.59. The maximum Gasteiger partial charge on any atom is 0.272 e. The van der Waals surface area contributed by atoms with Crippen LogP contribution in [-0.4, -0.2) is 18.9 Å². The van der Waals surface area contributed by atoms with Gasteiger partial charge in [-0.15, -0.1) is 0 Å². The number of ether oxygens (including phenoxy) is 1. The molecular weight excluding hydrogens is 340 g/mol. The summed E-state index contributed by atoms with van der Waals surface area (Å²) in [6, 6.07) is 14.7. The molecule has 0 aliphatic rings. The molecule has 0 radical (unpaired) electrons. The Hall–Kier alpha value is -3.08. The van der Waals surface area contributed by atoms with Crippen molar-refractivity contribution < 1.29 is 14.3 Å². The number of aryl methyl sites for hydroxylation is 1. The van der Waals surface area contributed by atoms with Crippen LogP contribution in [0, 0.1) is 12.3 Å². The summed E-state index contributed by atoms with van der Waals surface area (Å²) >= 11 is 0. The second-order valence-corrected chi connectivity index (χ2v) is 7.30. The minimum Gasteiger partial charge on any atom is -0.497 e. The van der Waals surface area contributed by atoms with E-state index in [1.165, 1.54) is 0 Å². The zero-order valence-electron chi connectivity index (χ0n) is 16.4. The third-order valence-electron chi connectivity index (χ3n) is 3.99. The average Bonchev–Trinajstić information content (AvgIpc) is 2.62. The lowest BCUT2D eigenvalue weighted by molar-refractivity contribution is -0.128. The van der Waals surface area contributed by atoms with Crippen LogP contribution in [0.25, 0.3) is 6.08 Å². The van der Waals surface area contributed by atoms with Crippen molar-refractivity contribution in [3.63, 3.8) is 0 Å². The van der Waals surface area contributed by atoms with Crippen LogP contribution >= 0.6 is 0 Å². The van der Waals surface area contributed by atoms with Gasteiger partial charge in [0.05, 0.1) is 7.11 Å². The topological polar surface area (TPSA) is 67.4 Å². The molecule has 2 aromatic carbocycles. The SMILES string of the molecule is COc1ccc(/C=C(/NC(=O)C(C)(C)C)C(=O)Nc2ccccc2C)cc1. The van der Waals surface area contributed by atoms with Gasteiger partial charge in [0.2, 0.25) is 5.91 Å². The highest BCUT2D eigenvalue weighted by Gasteiger charge is 2.24. The van der Waals surface area contributed by atoms with E-state index < -0.39 is 5.41 Å². The fraction of sp³-hybridized carbons (Fsp3) is 0.273. The molecule has 0 bridgehead atoms. The Morgan fingerprint density at radius 3 is 2.19 bits per heavy atom.